The maximum atomic E-state index is 13.6. The molecule has 1 atom stereocenters. The fourth-order valence-electron chi connectivity index (χ4n) is 2.74. The van der Waals surface area contributed by atoms with Crippen molar-refractivity contribution < 1.29 is 14.0 Å². The van der Waals surface area contributed by atoms with Gasteiger partial charge in [0.15, 0.2) is 0 Å². The van der Waals surface area contributed by atoms with Crippen LogP contribution in [0, 0.1) is 5.82 Å². The van der Waals surface area contributed by atoms with Gasteiger partial charge in [0, 0.05) is 44.7 Å². The first kappa shape index (κ1) is 17.5. The number of nitrogens with zero attached hydrogens (tertiary/aromatic N) is 3. The van der Waals surface area contributed by atoms with Crippen molar-refractivity contribution in [3.63, 3.8) is 0 Å². The van der Waals surface area contributed by atoms with Crippen molar-refractivity contribution >= 4 is 22.9 Å². The predicted octanol–water partition coefficient (Wildman–Crippen LogP) is 2.32. The van der Waals surface area contributed by atoms with Gasteiger partial charge in [-0.2, -0.15) is 0 Å². The molecule has 0 spiro atoms. The first-order chi connectivity index (χ1) is 12.0. The monoisotopic (exact) mass is 362 g/mol. The van der Waals surface area contributed by atoms with Crippen LogP contribution in [0.5, 0.6) is 0 Å². The molecule has 3 rings (SSSR count). The smallest absolute Gasteiger partial charge is 0.281 e. The average molecular weight is 362 g/mol. The van der Waals surface area contributed by atoms with Crippen molar-refractivity contribution in [1.82, 2.24) is 19.8 Å². The normalized spacial score (nSPS) is 15.4. The molecule has 25 heavy (non-hydrogen) atoms. The molecule has 0 unspecified atom stereocenters. The van der Waals surface area contributed by atoms with Gasteiger partial charge in [-0.3, -0.25) is 9.59 Å². The lowest BCUT2D eigenvalue weighted by atomic mass is 10.1. The number of rotatable bonds is 6. The molecule has 0 aliphatic carbocycles. The van der Waals surface area contributed by atoms with Crippen molar-refractivity contribution in [2.24, 2.45) is 7.05 Å². The summed E-state index contributed by atoms with van der Waals surface area (Å²) in [6, 6.07) is 5.56. The first-order valence-corrected chi connectivity index (χ1v) is 8.97. The number of benzene rings is 1. The second-order valence-corrected chi connectivity index (χ2v) is 6.85. The minimum atomic E-state index is -0.549. The van der Waals surface area contributed by atoms with E-state index in [0.29, 0.717) is 24.5 Å². The molecule has 6 nitrogen and oxygen atoms in total. The zero-order valence-corrected chi connectivity index (χ0v) is 14.6. The summed E-state index contributed by atoms with van der Waals surface area (Å²) < 4.78 is 15.4. The Morgan fingerprint density at radius 2 is 2.32 bits per heavy atom. The largest absolute Gasteiger partial charge is 0.342 e. The van der Waals surface area contributed by atoms with E-state index in [1.165, 1.54) is 23.9 Å². The van der Waals surface area contributed by atoms with Gasteiger partial charge in [0.2, 0.25) is 5.91 Å². The molecular formula is C17H19FN4O2S. The maximum Gasteiger partial charge on any atom is 0.281 e. The lowest BCUT2D eigenvalue weighted by Gasteiger charge is -2.20. The Labute approximate surface area is 149 Å². The summed E-state index contributed by atoms with van der Waals surface area (Å²) in [5, 5.41) is 2.92. The summed E-state index contributed by atoms with van der Waals surface area (Å²) in [4.78, 5) is 29.9. The fourth-order valence-corrected chi connectivity index (χ4v) is 3.59. The zero-order chi connectivity index (χ0) is 17.8. The molecule has 0 radical (unpaired) electrons. The third-order valence-corrected chi connectivity index (χ3v) is 4.95. The molecule has 2 amide bonds. The van der Waals surface area contributed by atoms with Gasteiger partial charge in [0.25, 0.3) is 5.24 Å². The topological polar surface area (TPSA) is 67.2 Å². The molecule has 1 aromatic heterocycles. The van der Waals surface area contributed by atoms with Gasteiger partial charge in [-0.1, -0.05) is 23.9 Å². The summed E-state index contributed by atoms with van der Waals surface area (Å²) in [6.45, 7) is 1.05. The van der Waals surface area contributed by atoms with Crippen LogP contribution in [0.3, 0.4) is 0 Å². The van der Waals surface area contributed by atoms with Gasteiger partial charge in [-0.05, 0) is 17.7 Å². The molecule has 1 fully saturated rings. The molecule has 8 heteroatoms. The Hall–Kier alpha value is -2.35. The SMILES string of the molecule is Cn1ccnc1[C@@H](NC(=O)CCN1CCSC1=O)c1cccc(F)c1. The summed E-state index contributed by atoms with van der Waals surface area (Å²) in [7, 11) is 1.82. The van der Waals surface area contributed by atoms with E-state index in [4.69, 9.17) is 0 Å². The second kappa shape index (κ2) is 7.69. The predicted molar refractivity (Wildman–Crippen MR) is 93.6 cm³/mol. The van der Waals surface area contributed by atoms with Gasteiger partial charge in [-0.25, -0.2) is 9.37 Å². The fraction of sp³-hybridized carbons (Fsp3) is 0.353. The van der Waals surface area contributed by atoms with Gasteiger partial charge in [0.05, 0.1) is 0 Å². The second-order valence-electron chi connectivity index (χ2n) is 5.80. The third kappa shape index (κ3) is 4.19. The summed E-state index contributed by atoms with van der Waals surface area (Å²) in [6.07, 6.45) is 3.60. The molecule has 1 aliphatic rings. The number of hydrogen-bond acceptors (Lipinski definition) is 4. The van der Waals surface area contributed by atoms with Crippen LogP contribution in [0.1, 0.15) is 23.9 Å². The maximum absolute atomic E-state index is 13.6. The molecule has 2 aromatic rings. The van der Waals surface area contributed by atoms with Gasteiger partial charge >= 0.3 is 0 Å². The van der Waals surface area contributed by atoms with Crippen molar-refractivity contribution in [3.8, 4) is 0 Å². The molecule has 1 aliphatic heterocycles. The lowest BCUT2D eigenvalue weighted by Crippen LogP contribution is -2.34. The lowest BCUT2D eigenvalue weighted by molar-refractivity contribution is -0.121. The number of aromatic nitrogens is 2. The van der Waals surface area contributed by atoms with Crippen molar-refractivity contribution in [2.75, 3.05) is 18.8 Å². The number of hydrogen-bond donors (Lipinski definition) is 1. The standard InChI is InChI=1S/C17H19FN4O2S/c1-21-8-6-19-16(21)15(12-3-2-4-13(18)11-12)20-14(23)5-7-22-9-10-25-17(22)24/h2-4,6,8,11,15H,5,7,9-10H2,1H3,(H,20,23)/t15-/m0/s1. The summed E-state index contributed by atoms with van der Waals surface area (Å²) in [5.74, 6) is 0.805. The Balaban J connectivity index is 1.72. The van der Waals surface area contributed by atoms with Crippen molar-refractivity contribution in [1.29, 1.82) is 0 Å². The molecule has 2 heterocycles. The first-order valence-electron chi connectivity index (χ1n) is 7.98. The van der Waals surface area contributed by atoms with Crippen LogP contribution in [0.25, 0.3) is 0 Å². The molecule has 0 bridgehead atoms. The highest BCUT2D eigenvalue weighted by Crippen LogP contribution is 2.22. The molecule has 0 saturated carbocycles. The number of amides is 2. The highest BCUT2D eigenvalue weighted by molar-refractivity contribution is 8.13. The average Bonchev–Trinajstić information content (AvgIpc) is 3.19. The van der Waals surface area contributed by atoms with Crippen LogP contribution in [-0.4, -0.2) is 44.4 Å². The van der Waals surface area contributed by atoms with Gasteiger partial charge < -0.3 is 14.8 Å². The molecule has 1 aromatic carbocycles. The quantitative estimate of drug-likeness (QED) is 0.856. The molecular weight excluding hydrogens is 343 g/mol. The van der Waals surface area contributed by atoms with E-state index in [9.17, 15) is 14.0 Å². The summed E-state index contributed by atoms with van der Waals surface area (Å²) in [5.41, 5.74) is 0.621. The van der Waals surface area contributed by atoms with Crippen LogP contribution < -0.4 is 5.32 Å². The minimum absolute atomic E-state index is 0.0126. The van der Waals surface area contributed by atoms with E-state index in [0.717, 1.165) is 5.75 Å². The van der Waals surface area contributed by atoms with E-state index >= 15 is 0 Å². The number of carbonyl (C=O) groups is 2. The van der Waals surface area contributed by atoms with Crippen LogP contribution in [0.15, 0.2) is 36.7 Å². The summed E-state index contributed by atoms with van der Waals surface area (Å²) >= 11 is 1.27. The van der Waals surface area contributed by atoms with Crippen molar-refractivity contribution in [2.45, 2.75) is 12.5 Å². The number of carbonyl (C=O) groups excluding carboxylic acids is 2. The van der Waals surface area contributed by atoms with Gasteiger partial charge in [0.1, 0.15) is 17.7 Å². The zero-order valence-electron chi connectivity index (χ0n) is 13.8. The van der Waals surface area contributed by atoms with E-state index < -0.39 is 6.04 Å². The number of halogens is 1. The Bertz CT molecular complexity index is 780. The number of imidazole rings is 1. The van der Waals surface area contributed by atoms with Crippen LogP contribution in [0.4, 0.5) is 9.18 Å². The minimum Gasteiger partial charge on any atom is -0.342 e. The number of thioether (sulfide) groups is 1. The van der Waals surface area contributed by atoms with E-state index in [1.54, 1.807) is 34.0 Å². The number of aryl methyl sites for hydroxylation is 1. The van der Waals surface area contributed by atoms with E-state index in [1.807, 2.05) is 7.05 Å². The van der Waals surface area contributed by atoms with E-state index in [2.05, 4.69) is 10.3 Å². The van der Waals surface area contributed by atoms with Crippen LogP contribution in [-0.2, 0) is 11.8 Å². The van der Waals surface area contributed by atoms with Crippen LogP contribution in [0.2, 0.25) is 0 Å². The molecule has 1 saturated heterocycles. The third-order valence-electron chi connectivity index (χ3n) is 4.06. The van der Waals surface area contributed by atoms with E-state index in [-0.39, 0.29) is 23.4 Å². The Morgan fingerprint density at radius 3 is 2.96 bits per heavy atom. The Morgan fingerprint density at radius 1 is 1.48 bits per heavy atom. The molecule has 132 valence electrons. The molecule has 1 N–H and O–H groups in total. The van der Waals surface area contributed by atoms with Crippen molar-refractivity contribution in [3.05, 3.63) is 53.9 Å². The highest BCUT2D eigenvalue weighted by atomic mass is 32.2. The Kier molecular flexibility index (Phi) is 5.37. The van der Waals surface area contributed by atoms with Gasteiger partial charge in [-0.15, -0.1) is 0 Å². The van der Waals surface area contributed by atoms with Crippen LogP contribution >= 0.6 is 11.8 Å². The number of nitrogens with one attached hydrogen (secondary N) is 1. The highest BCUT2D eigenvalue weighted by Gasteiger charge is 2.24.